The molecule has 1 nitrogen and oxygen atoms in total. The molecule has 142 valence electrons. The van der Waals surface area contributed by atoms with Crippen LogP contribution < -0.4 is 0 Å². The first-order valence-electron chi connectivity index (χ1n) is 9.36. The van der Waals surface area contributed by atoms with Gasteiger partial charge in [0.1, 0.15) is 6.10 Å². The van der Waals surface area contributed by atoms with Crippen LogP contribution in [0, 0.1) is 0 Å². The summed E-state index contributed by atoms with van der Waals surface area (Å²) in [7, 11) is 0. The van der Waals surface area contributed by atoms with Gasteiger partial charge in [0.05, 0.1) is 0 Å². The first-order chi connectivity index (χ1) is 14.3. The van der Waals surface area contributed by atoms with Gasteiger partial charge in [0.2, 0.25) is 0 Å². The van der Waals surface area contributed by atoms with Crippen LogP contribution in [-0.2, 0) is 0 Å². The Labute approximate surface area is 183 Å². The summed E-state index contributed by atoms with van der Waals surface area (Å²) in [5.74, 6) is 0. The lowest BCUT2D eigenvalue weighted by atomic mass is 10.0. The van der Waals surface area contributed by atoms with Gasteiger partial charge in [-0.25, -0.2) is 0 Å². The van der Waals surface area contributed by atoms with Crippen LogP contribution in [0.2, 0.25) is 0 Å². The second kappa shape index (κ2) is 8.33. The van der Waals surface area contributed by atoms with Crippen LogP contribution in [0.15, 0.2) is 126 Å². The van der Waals surface area contributed by atoms with Crippen LogP contribution in [-0.4, -0.2) is 5.11 Å². The molecular formula is C25H18OS3. The lowest BCUT2D eigenvalue weighted by Gasteiger charge is -2.24. The summed E-state index contributed by atoms with van der Waals surface area (Å²) < 4.78 is 0. The van der Waals surface area contributed by atoms with E-state index in [9.17, 15) is 5.11 Å². The highest BCUT2D eigenvalue weighted by Gasteiger charge is 2.24. The Morgan fingerprint density at radius 1 is 0.552 bits per heavy atom. The molecule has 0 saturated carbocycles. The van der Waals surface area contributed by atoms with E-state index in [1.54, 1.807) is 35.3 Å². The molecule has 1 aliphatic heterocycles. The number of aliphatic hydroxyl groups is 1. The smallest absolute Gasteiger partial charge is 0.106 e. The highest BCUT2D eigenvalue weighted by molar-refractivity contribution is 8.00. The average molecular weight is 431 g/mol. The molecule has 0 amide bonds. The van der Waals surface area contributed by atoms with Gasteiger partial charge in [0.25, 0.3) is 0 Å². The Morgan fingerprint density at radius 2 is 1.10 bits per heavy atom. The molecule has 0 bridgehead atoms. The molecular weight excluding hydrogens is 412 g/mol. The Balaban J connectivity index is 1.34. The Kier molecular flexibility index (Phi) is 5.42. The largest absolute Gasteiger partial charge is 0.384 e. The molecule has 29 heavy (non-hydrogen) atoms. The number of hydrogen-bond donors (Lipinski definition) is 1. The fourth-order valence-corrected chi connectivity index (χ4v) is 6.13. The van der Waals surface area contributed by atoms with Crippen molar-refractivity contribution >= 4 is 35.3 Å². The van der Waals surface area contributed by atoms with E-state index in [4.69, 9.17) is 0 Å². The third-order valence-electron chi connectivity index (χ3n) is 4.75. The summed E-state index contributed by atoms with van der Waals surface area (Å²) in [5.41, 5.74) is 1.99. The second-order valence-corrected chi connectivity index (χ2v) is 10.1. The summed E-state index contributed by atoms with van der Waals surface area (Å²) in [4.78, 5) is 7.09. The summed E-state index contributed by atoms with van der Waals surface area (Å²) in [6.07, 6.45) is -0.562. The molecule has 1 atom stereocenters. The van der Waals surface area contributed by atoms with Crippen LogP contribution >= 0.6 is 35.3 Å². The average Bonchev–Trinajstić information content (AvgIpc) is 2.77. The van der Waals surface area contributed by atoms with Gasteiger partial charge < -0.3 is 5.11 Å². The molecule has 1 heterocycles. The molecule has 5 rings (SSSR count). The summed E-state index contributed by atoms with van der Waals surface area (Å²) in [6.45, 7) is 0. The zero-order chi connectivity index (χ0) is 19.6. The molecule has 0 saturated heterocycles. The standard InChI is InChI=1S/C25H18OS3/c26-25-21-8-4-5-9-23(21)29-24-15-14-20(16-22(24)25)28-19-12-10-18(11-13-19)27-17-6-2-1-3-7-17/h1-16,25-26H. The van der Waals surface area contributed by atoms with Gasteiger partial charge in [-0.05, 0) is 66.2 Å². The summed E-state index contributed by atoms with van der Waals surface area (Å²) >= 11 is 5.23. The van der Waals surface area contributed by atoms with Gasteiger partial charge in [0.15, 0.2) is 0 Å². The van der Waals surface area contributed by atoms with E-state index in [-0.39, 0.29) is 0 Å². The van der Waals surface area contributed by atoms with E-state index < -0.39 is 6.10 Å². The molecule has 4 aromatic rings. The summed E-state index contributed by atoms with van der Waals surface area (Å²) in [5, 5.41) is 10.9. The monoisotopic (exact) mass is 430 g/mol. The van der Waals surface area contributed by atoms with Crippen molar-refractivity contribution in [1.29, 1.82) is 0 Å². The van der Waals surface area contributed by atoms with Crippen LogP contribution in [0.3, 0.4) is 0 Å². The van der Waals surface area contributed by atoms with E-state index in [1.807, 2.05) is 24.3 Å². The molecule has 0 aliphatic carbocycles. The predicted octanol–water partition coefficient (Wildman–Crippen LogP) is 7.54. The number of benzene rings is 4. The number of aliphatic hydroxyl groups excluding tert-OH is 1. The molecule has 1 unspecified atom stereocenters. The Hall–Kier alpha value is -2.11. The fourth-order valence-electron chi connectivity index (χ4n) is 3.32. The van der Waals surface area contributed by atoms with Crippen LogP contribution in [0.25, 0.3) is 0 Å². The van der Waals surface area contributed by atoms with Crippen LogP contribution in [0.1, 0.15) is 17.2 Å². The minimum Gasteiger partial charge on any atom is -0.384 e. The molecule has 4 aromatic carbocycles. The van der Waals surface area contributed by atoms with Crippen molar-refractivity contribution in [1.82, 2.24) is 0 Å². The quantitative estimate of drug-likeness (QED) is 0.361. The lowest BCUT2D eigenvalue weighted by molar-refractivity contribution is 0.213. The highest BCUT2D eigenvalue weighted by Crippen LogP contribution is 2.46. The van der Waals surface area contributed by atoms with Crippen molar-refractivity contribution in [3.05, 3.63) is 108 Å². The Bertz CT molecular complexity index is 1140. The third kappa shape index (κ3) is 4.12. The zero-order valence-corrected chi connectivity index (χ0v) is 17.9. The first-order valence-corrected chi connectivity index (χ1v) is 11.8. The van der Waals surface area contributed by atoms with Crippen molar-refractivity contribution in [2.45, 2.75) is 35.5 Å². The van der Waals surface area contributed by atoms with Crippen molar-refractivity contribution in [3.8, 4) is 0 Å². The Morgan fingerprint density at radius 3 is 1.86 bits per heavy atom. The first kappa shape index (κ1) is 18.9. The molecule has 1 aliphatic rings. The maximum Gasteiger partial charge on any atom is 0.106 e. The van der Waals surface area contributed by atoms with Crippen molar-refractivity contribution < 1.29 is 5.11 Å². The van der Waals surface area contributed by atoms with E-state index in [2.05, 4.69) is 72.8 Å². The van der Waals surface area contributed by atoms with Crippen molar-refractivity contribution in [2.24, 2.45) is 0 Å². The topological polar surface area (TPSA) is 20.2 Å². The third-order valence-corrected chi connectivity index (χ3v) is 7.94. The zero-order valence-electron chi connectivity index (χ0n) is 15.5. The number of rotatable bonds is 4. The predicted molar refractivity (Wildman–Crippen MR) is 122 cm³/mol. The number of hydrogen-bond acceptors (Lipinski definition) is 4. The highest BCUT2D eigenvalue weighted by atomic mass is 32.2. The molecule has 0 fully saturated rings. The maximum absolute atomic E-state index is 10.9. The van der Waals surface area contributed by atoms with E-state index in [1.165, 1.54) is 14.7 Å². The van der Waals surface area contributed by atoms with E-state index in [0.29, 0.717) is 0 Å². The van der Waals surface area contributed by atoms with Gasteiger partial charge in [-0.15, -0.1) is 0 Å². The van der Waals surface area contributed by atoms with Crippen molar-refractivity contribution in [3.63, 3.8) is 0 Å². The number of fused-ring (bicyclic) bond motifs is 2. The molecule has 0 aromatic heterocycles. The van der Waals surface area contributed by atoms with Gasteiger partial charge in [-0.2, -0.15) is 0 Å². The normalized spacial score (nSPS) is 14.9. The van der Waals surface area contributed by atoms with Gasteiger partial charge in [0, 0.05) is 34.9 Å². The van der Waals surface area contributed by atoms with Crippen LogP contribution in [0.4, 0.5) is 0 Å². The molecule has 0 radical (unpaired) electrons. The molecule has 4 heteroatoms. The van der Waals surface area contributed by atoms with Gasteiger partial charge >= 0.3 is 0 Å². The van der Waals surface area contributed by atoms with E-state index in [0.717, 1.165) is 25.8 Å². The minimum atomic E-state index is -0.562. The lowest BCUT2D eigenvalue weighted by Crippen LogP contribution is -2.07. The van der Waals surface area contributed by atoms with Crippen LogP contribution in [0.5, 0.6) is 0 Å². The van der Waals surface area contributed by atoms with Gasteiger partial charge in [-0.3, -0.25) is 0 Å². The second-order valence-electron chi connectivity index (χ2n) is 6.73. The van der Waals surface area contributed by atoms with E-state index >= 15 is 0 Å². The fraction of sp³-hybridized carbons (Fsp3) is 0.0400. The molecule has 1 N–H and O–H groups in total. The minimum absolute atomic E-state index is 0.562. The summed E-state index contributed by atoms with van der Waals surface area (Å²) in [6, 6.07) is 33.6. The molecule has 0 spiro atoms. The van der Waals surface area contributed by atoms with Gasteiger partial charge in [-0.1, -0.05) is 71.7 Å². The SMILES string of the molecule is OC1c2ccccc2Sc2ccc(Sc3ccc(Sc4ccccc4)cc3)cc21. The van der Waals surface area contributed by atoms with Crippen molar-refractivity contribution in [2.75, 3.05) is 0 Å². The maximum atomic E-state index is 10.9.